The van der Waals surface area contributed by atoms with E-state index < -0.39 is 29.8 Å². The third kappa shape index (κ3) is 8.02. The number of methoxy groups -OCH3 is 1. The highest BCUT2D eigenvalue weighted by molar-refractivity contribution is 6.33. The van der Waals surface area contributed by atoms with E-state index >= 15 is 0 Å². The van der Waals surface area contributed by atoms with E-state index in [1.165, 1.54) is 25.4 Å². The molecule has 3 rings (SSSR count). The van der Waals surface area contributed by atoms with E-state index in [2.05, 4.69) is 15.7 Å². The smallest absolute Gasteiger partial charge is 0.408 e. The lowest BCUT2D eigenvalue weighted by Crippen LogP contribution is -2.49. The van der Waals surface area contributed by atoms with Crippen LogP contribution >= 0.6 is 11.6 Å². The molecule has 0 saturated carbocycles. The summed E-state index contributed by atoms with van der Waals surface area (Å²) in [6.45, 7) is 2.06. The molecule has 0 aliphatic rings. The maximum atomic E-state index is 14.4. The minimum Gasteiger partial charge on any atom is -0.462 e. The monoisotopic (exact) mass is 546 g/mol. The Morgan fingerprint density at radius 3 is 2.58 bits per heavy atom. The zero-order valence-electron chi connectivity index (χ0n) is 20.9. The molecule has 1 heterocycles. The molecule has 0 aliphatic heterocycles. The normalized spacial score (nSPS) is 11.5. The quantitative estimate of drug-likeness (QED) is 0.263. The second-order valence-corrected chi connectivity index (χ2v) is 8.42. The first kappa shape index (κ1) is 28.6. The first-order valence-electron chi connectivity index (χ1n) is 11.8. The minimum atomic E-state index is -1.27. The standard InChI is InChI=1S/C26H28ClFN4O6/c1-3-32-23(21(27)14-30-32)18-11-19(13-20(28)12-18)24(33)29-15-22(25(34)37-10-9-36-2)31-26(35)38-16-17-7-5-4-6-8-17/h4-8,11-14,22H,3,9-10,15-16H2,1-2H3,(H,29,33)(H,31,35)/t22-/m1/s1. The van der Waals surface area contributed by atoms with Crippen molar-refractivity contribution in [3.05, 3.63) is 76.7 Å². The average molecular weight is 547 g/mol. The molecule has 202 valence electrons. The number of aromatic nitrogens is 2. The fourth-order valence-corrected chi connectivity index (χ4v) is 3.72. The molecule has 2 N–H and O–H groups in total. The molecule has 0 fully saturated rings. The van der Waals surface area contributed by atoms with Crippen molar-refractivity contribution in [3.63, 3.8) is 0 Å². The van der Waals surface area contributed by atoms with Gasteiger partial charge in [0.2, 0.25) is 0 Å². The van der Waals surface area contributed by atoms with Crippen LogP contribution in [0.2, 0.25) is 5.02 Å². The SMILES string of the molecule is CCn1ncc(Cl)c1-c1cc(F)cc(C(=O)NC[C@@H](NC(=O)OCc2ccccc2)C(=O)OCCOC)c1. The highest BCUT2D eigenvalue weighted by atomic mass is 35.5. The number of nitrogens with one attached hydrogen (secondary N) is 2. The van der Waals surface area contributed by atoms with E-state index in [0.29, 0.717) is 22.8 Å². The van der Waals surface area contributed by atoms with E-state index in [1.54, 1.807) is 28.9 Å². The first-order valence-corrected chi connectivity index (χ1v) is 12.1. The number of halogens is 2. The average Bonchev–Trinajstić information content (AvgIpc) is 3.30. The Morgan fingerprint density at radius 1 is 1.11 bits per heavy atom. The number of carbonyl (C=O) groups is 3. The van der Waals surface area contributed by atoms with Gasteiger partial charge in [-0.05, 0) is 30.7 Å². The van der Waals surface area contributed by atoms with Crippen LogP contribution < -0.4 is 10.6 Å². The summed E-state index contributed by atoms with van der Waals surface area (Å²) in [6, 6.07) is 11.4. The molecule has 0 aliphatic carbocycles. The maximum absolute atomic E-state index is 14.4. The molecule has 0 unspecified atom stereocenters. The van der Waals surface area contributed by atoms with Gasteiger partial charge in [0, 0.05) is 31.3 Å². The Morgan fingerprint density at radius 2 is 1.87 bits per heavy atom. The fourth-order valence-electron chi connectivity index (χ4n) is 3.47. The summed E-state index contributed by atoms with van der Waals surface area (Å²) in [5.41, 5.74) is 1.56. The summed E-state index contributed by atoms with van der Waals surface area (Å²) in [6.07, 6.45) is 0.556. The van der Waals surface area contributed by atoms with Gasteiger partial charge >= 0.3 is 12.1 Å². The topological polar surface area (TPSA) is 121 Å². The van der Waals surface area contributed by atoms with E-state index in [9.17, 15) is 18.8 Å². The fraction of sp³-hybridized carbons (Fsp3) is 0.308. The highest BCUT2D eigenvalue weighted by Gasteiger charge is 2.25. The molecule has 0 saturated heterocycles. The molecule has 12 heteroatoms. The van der Waals surface area contributed by atoms with Crippen LogP contribution in [0.15, 0.2) is 54.7 Å². The van der Waals surface area contributed by atoms with Gasteiger partial charge in [0.1, 0.15) is 25.1 Å². The number of amides is 2. The highest BCUT2D eigenvalue weighted by Crippen LogP contribution is 2.29. The van der Waals surface area contributed by atoms with Crippen molar-refractivity contribution in [2.75, 3.05) is 26.9 Å². The summed E-state index contributed by atoms with van der Waals surface area (Å²) in [5.74, 6) is -2.15. The van der Waals surface area contributed by atoms with Gasteiger partial charge in [0.25, 0.3) is 5.91 Å². The molecular weight excluding hydrogens is 519 g/mol. The molecule has 1 aromatic heterocycles. The number of benzene rings is 2. The summed E-state index contributed by atoms with van der Waals surface area (Å²) in [4.78, 5) is 37.8. The van der Waals surface area contributed by atoms with Gasteiger partial charge in [-0.3, -0.25) is 9.48 Å². The molecule has 1 atom stereocenters. The van der Waals surface area contributed by atoms with Crippen LogP contribution in [0.4, 0.5) is 9.18 Å². The Labute approximate surface area is 224 Å². The summed E-state index contributed by atoms with van der Waals surface area (Å²) >= 11 is 6.23. The third-order valence-corrected chi connectivity index (χ3v) is 5.59. The number of esters is 1. The number of nitrogens with zero attached hydrogens (tertiary/aromatic N) is 2. The van der Waals surface area contributed by atoms with E-state index in [-0.39, 0.29) is 31.9 Å². The molecular formula is C26H28ClFN4O6. The molecule has 3 aromatic rings. The predicted molar refractivity (Wildman–Crippen MR) is 137 cm³/mol. The van der Waals surface area contributed by atoms with Crippen molar-refractivity contribution in [2.24, 2.45) is 0 Å². The van der Waals surface area contributed by atoms with Crippen molar-refractivity contribution >= 4 is 29.6 Å². The number of ether oxygens (including phenoxy) is 3. The van der Waals surface area contributed by atoms with Crippen LogP contribution in [0.5, 0.6) is 0 Å². The van der Waals surface area contributed by atoms with Crippen molar-refractivity contribution in [1.29, 1.82) is 0 Å². The number of alkyl carbamates (subject to hydrolysis) is 1. The molecule has 2 amide bonds. The Hall–Kier alpha value is -3.96. The lowest BCUT2D eigenvalue weighted by molar-refractivity contribution is -0.147. The van der Waals surface area contributed by atoms with Crippen LogP contribution in [0.1, 0.15) is 22.8 Å². The molecule has 2 aromatic carbocycles. The second kappa shape index (κ2) is 14.1. The largest absolute Gasteiger partial charge is 0.462 e. The summed E-state index contributed by atoms with van der Waals surface area (Å²) in [5, 5.41) is 9.37. The van der Waals surface area contributed by atoms with Gasteiger partial charge in [0.05, 0.1) is 23.5 Å². The Kier molecular flexibility index (Phi) is 10.6. The Balaban J connectivity index is 1.69. The number of carbonyl (C=O) groups excluding carboxylic acids is 3. The van der Waals surface area contributed by atoms with Crippen LogP contribution in [-0.4, -0.2) is 60.7 Å². The first-order chi connectivity index (χ1) is 18.3. The lowest BCUT2D eigenvalue weighted by atomic mass is 10.1. The van der Waals surface area contributed by atoms with Crippen LogP contribution in [-0.2, 0) is 32.2 Å². The summed E-state index contributed by atoms with van der Waals surface area (Å²) in [7, 11) is 1.44. The zero-order chi connectivity index (χ0) is 27.5. The van der Waals surface area contributed by atoms with E-state index in [0.717, 1.165) is 11.6 Å². The molecule has 0 radical (unpaired) electrons. The predicted octanol–water partition coefficient (Wildman–Crippen LogP) is 3.58. The molecule has 0 bridgehead atoms. The van der Waals surface area contributed by atoms with Crippen molar-refractivity contribution in [2.45, 2.75) is 26.1 Å². The third-order valence-electron chi connectivity index (χ3n) is 5.32. The molecule has 38 heavy (non-hydrogen) atoms. The van der Waals surface area contributed by atoms with Crippen LogP contribution in [0, 0.1) is 5.82 Å². The van der Waals surface area contributed by atoms with Crippen molar-refractivity contribution in [3.8, 4) is 11.3 Å². The number of hydrogen-bond donors (Lipinski definition) is 2. The van der Waals surface area contributed by atoms with Gasteiger partial charge in [-0.1, -0.05) is 41.9 Å². The van der Waals surface area contributed by atoms with E-state index in [4.69, 9.17) is 25.8 Å². The number of rotatable bonds is 12. The lowest BCUT2D eigenvalue weighted by Gasteiger charge is -2.18. The van der Waals surface area contributed by atoms with Gasteiger partial charge < -0.3 is 24.8 Å². The van der Waals surface area contributed by atoms with Gasteiger partial charge in [-0.2, -0.15) is 5.10 Å². The van der Waals surface area contributed by atoms with E-state index in [1.807, 2.05) is 13.0 Å². The van der Waals surface area contributed by atoms with Crippen LogP contribution in [0.25, 0.3) is 11.3 Å². The second-order valence-electron chi connectivity index (χ2n) is 8.01. The Bertz CT molecular complexity index is 1250. The summed E-state index contributed by atoms with van der Waals surface area (Å²) < 4.78 is 31.1. The molecule has 0 spiro atoms. The molecule has 10 nitrogen and oxygen atoms in total. The maximum Gasteiger partial charge on any atom is 0.408 e. The van der Waals surface area contributed by atoms with Crippen molar-refractivity contribution < 1.29 is 33.0 Å². The minimum absolute atomic E-state index is 0.0157. The number of hydrogen-bond acceptors (Lipinski definition) is 7. The van der Waals surface area contributed by atoms with Crippen LogP contribution in [0.3, 0.4) is 0 Å². The number of aryl methyl sites for hydroxylation is 1. The zero-order valence-corrected chi connectivity index (χ0v) is 21.7. The van der Waals surface area contributed by atoms with Crippen molar-refractivity contribution in [1.82, 2.24) is 20.4 Å². The van der Waals surface area contributed by atoms with Gasteiger partial charge in [-0.15, -0.1) is 0 Å². The van der Waals surface area contributed by atoms with Gasteiger partial charge in [-0.25, -0.2) is 14.0 Å². The van der Waals surface area contributed by atoms with Gasteiger partial charge in [0.15, 0.2) is 0 Å².